The molecule has 0 bridgehead atoms. The lowest BCUT2D eigenvalue weighted by atomic mass is 10.0. The lowest BCUT2D eigenvalue weighted by Gasteiger charge is -2.09. The second kappa shape index (κ2) is 6.55. The highest BCUT2D eigenvalue weighted by molar-refractivity contribution is 6.41. The van der Waals surface area contributed by atoms with Gasteiger partial charge in [0.25, 0.3) is 5.91 Å². The van der Waals surface area contributed by atoms with Crippen molar-refractivity contribution in [2.75, 3.05) is 5.32 Å². The molecule has 0 aliphatic rings. The van der Waals surface area contributed by atoms with Gasteiger partial charge in [-0.15, -0.1) is 0 Å². The predicted octanol–water partition coefficient (Wildman–Crippen LogP) is 2.50. The summed E-state index contributed by atoms with van der Waals surface area (Å²) in [6.45, 7) is 3.72. The summed E-state index contributed by atoms with van der Waals surface area (Å²) >= 11 is 0. The number of hydrogen-bond acceptors (Lipinski definition) is 3. The molecule has 0 aromatic heterocycles. The molecule has 1 atom stereocenters. The molecule has 0 heterocycles. The molecule has 0 aliphatic heterocycles. The standard InChI is InChI=1S/C14H16N2O2/c1-3-5-10(2)13(17)14(18)16-12-7-4-6-11(8-12)9-15/h4,6-8,10H,3,5H2,1-2H3,(H,16,18). The Bertz CT molecular complexity index is 489. The molecule has 4 heteroatoms. The van der Waals surface area contributed by atoms with Crippen molar-refractivity contribution in [3.63, 3.8) is 0 Å². The molecule has 0 aliphatic carbocycles. The van der Waals surface area contributed by atoms with Crippen LogP contribution in [0.5, 0.6) is 0 Å². The second-order valence-corrected chi connectivity index (χ2v) is 4.20. The highest BCUT2D eigenvalue weighted by Crippen LogP contribution is 2.12. The van der Waals surface area contributed by atoms with Crippen LogP contribution in [0.1, 0.15) is 32.3 Å². The minimum absolute atomic E-state index is 0.269. The van der Waals surface area contributed by atoms with Gasteiger partial charge in [0.1, 0.15) is 0 Å². The van der Waals surface area contributed by atoms with Gasteiger partial charge in [0.2, 0.25) is 5.78 Å². The van der Waals surface area contributed by atoms with Crippen LogP contribution in [0.15, 0.2) is 24.3 Å². The highest BCUT2D eigenvalue weighted by Gasteiger charge is 2.20. The Hall–Kier alpha value is -2.15. The average Bonchev–Trinajstić information content (AvgIpc) is 2.38. The lowest BCUT2D eigenvalue weighted by molar-refractivity contribution is -0.137. The van der Waals surface area contributed by atoms with Crippen molar-refractivity contribution in [1.82, 2.24) is 0 Å². The number of nitrogens with one attached hydrogen (secondary N) is 1. The van der Waals surface area contributed by atoms with E-state index < -0.39 is 11.7 Å². The van der Waals surface area contributed by atoms with Gasteiger partial charge in [0, 0.05) is 11.6 Å². The molecule has 4 nitrogen and oxygen atoms in total. The van der Waals surface area contributed by atoms with Gasteiger partial charge in [-0.3, -0.25) is 9.59 Å². The van der Waals surface area contributed by atoms with E-state index in [1.807, 2.05) is 13.0 Å². The van der Waals surface area contributed by atoms with E-state index in [1.165, 1.54) is 6.07 Å². The van der Waals surface area contributed by atoms with E-state index in [2.05, 4.69) is 5.32 Å². The average molecular weight is 244 g/mol. The largest absolute Gasteiger partial charge is 0.319 e. The van der Waals surface area contributed by atoms with Gasteiger partial charge in [-0.05, 0) is 24.6 Å². The third-order valence-corrected chi connectivity index (χ3v) is 2.64. The first kappa shape index (κ1) is 13.9. The SMILES string of the molecule is CCCC(C)C(=O)C(=O)Nc1cccc(C#N)c1. The van der Waals surface area contributed by atoms with Gasteiger partial charge in [-0.25, -0.2) is 0 Å². The molecule has 0 radical (unpaired) electrons. The van der Waals surface area contributed by atoms with Gasteiger partial charge in [0.15, 0.2) is 0 Å². The first-order valence-electron chi connectivity index (χ1n) is 5.93. The first-order chi connectivity index (χ1) is 8.58. The second-order valence-electron chi connectivity index (χ2n) is 4.20. The number of rotatable bonds is 5. The smallest absolute Gasteiger partial charge is 0.292 e. The lowest BCUT2D eigenvalue weighted by Crippen LogP contribution is -2.28. The zero-order chi connectivity index (χ0) is 13.5. The Kier molecular flexibility index (Phi) is 5.06. The quantitative estimate of drug-likeness (QED) is 0.809. The summed E-state index contributed by atoms with van der Waals surface area (Å²) in [6.07, 6.45) is 1.56. The van der Waals surface area contributed by atoms with Crippen LogP contribution in [0, 0.1) is 17.2 Å². The van der Waals surface area contributed by atoms with Crippen LogP contribution in [0.25, 0.3) is 0 Å². The van der Waals surface area contributed by atoms with Gasteiger partial charge in [-0.1, -0.05) is 26.3 Å². The summed E-state index contributed by atoms with van der Waals surface area (Å²) in [5, 5.41) is 11.3. The number of carbonyl (C=O) groups is 2. The molecule has 0 fully saturated rings. The van der Waals surface area contributed by atoms with Crippen LogP contribution < -0.4 is 5.32 Å². The third-order valence-electron chi connectivity index (χ3n) is 2.64. The number of ketones is 1. The van der Waals surface area contributed by atoms with E-state index >= 15 is 0 Å². The Morgan fingerprint density at radius 2 is 2.17 bits per heavy atom. The minimum atomic E-state index is -0.619. The Labute approximate surface area is 107 Å². The Morgan fingerprint density at radius 3 is 2.78 bits per heavy atom. The molecule has 18 heavy (non-hydrogen) atoms. The summed E-state index contributed by atoms with van der Waals surface area (Å²) in [5.74, 6) is -1.31. The van der Waals surface area contributed by atoms with Crippen LogP contribution in [-0.4, -0.2) is 11.7 Å². The topological polar surface area (TPSA) is 70.0 Å². The molecule has 1 aromatic carbocycles. The van der Waals surface area contributed by atoms with Crippen LogP contribution in [0.3, 0.4) is 0 Å². The number of Topliss-reactive ketones (excluding diaryl/α,β-unsaturated/α-hetero) is 1. The molecule has 0 spiro atoms. The fraction of sp³-hybridized carbons (Fsp3) is 0.357. The van der Waals surface area contributed by atoms with Crippen molar-refractivity contribution in [1.29, 1.82) is 5.26 Å². The van der Waals surface area contributed by atoms with Gasteiger partial charge in [-0.2, -0.15) is 5.26 Å². The number of hydrogen-bond donors (Lipinski definition) is 1. The molecule has 94 valence electrons. The van der Waals surface area contributed by atoms with Gasteiger partial charge < -0.3 is 5.32 Å². The number of carbonyl (C=O) groups excluding carboxylic acids is 2. The van der Waals surface area contributed by atoms with Gasteiger partial charge in [0.05, 0.1) is 11.6 Å². The molecule has 1 N–H and O–H groups in total. The van der Waals surface area contributed by atoms with Crippen LogP contribution in [0.2, 0.25) is 0 Å². The van der Waals surface area contributed by atoms with E-state index in [9.17, 15) is 9.59 Å². The van der Waals surface area contributed by atoms with Crippen molar-refractivity contribution in [2.45, 2.75) is 26.7 Å². The van der Waals surface area contributed by atoms with E-state index in [-0.39, 0.29) is 5.92 Å². The van der Waals surface area contributed by atoms with Crippen LogP contribution in [0.4, 0.5) is 5.69 Å². The van der Waals surface area contributed by atoms with E-state index in [4.69, 9.17) is 5.26 Å². The number of benzene rings is 1. The predicted molar refractivity (Wildman–Crippen MR) is 68.9 cm³/mol. The monoisotopic (exact) mass is 244 g/mol. The normalized spacial score (nSPS) is 11.4. The summed E-state index contributed by atoms with van der Waals surface area (Å²) in [6, 6.07) is 8.46. The van der Waals surface area contributed by atoms with Crippen molar-refractivity contribution >= 4 is 17.4 Å². The van der Waals surface area contributed by atoms with Crippen molar-refractivity contribution in [2.24, 2.45) is 5.92 Å². The summed E-state index contributed by atoms with van der Waals surface area (Å²) in [4.78, 5) is 23.4. The summed E-state index contributed by atoms with van der Waals surface area (Å²) < 4.78 is 0. The highest BCUT2D eigenvalue weighted by atomic mass is 16.2. The molecule has 1 amide bonds. The van der Waals surface area contributed by atoms with Gasteiger partial charge >= 0.3 is 0 Å². The van der Waals surface area contributed by atoms with Crippen LogP contribution in [-0.2, 0) is 9.59 Å². The Morgan fingerprint density at radius 1 is 1.44 bits per heavy atom. The molecule has 1 aromatic rings. The zero-order valence-corrected chi connectivity index (χ0v) is 10.6. The molecular formula is C14H16N2O2. The van der Waals surface area contributed by atoms with Crippen molar-refractivity contribution in [3.8, 4) is 6.07 Å². The third kappa shape index (κ3) is 3.70. The number of nitriles is 1. The summed E-state index contributed by atoms with van der Waals surface area (Å²) in [5.41, 5.74) is 0.915. The summed E-state index contributed by atoms with van der Waals surface area (Å²) in [7, 11) is 0. The molecule has 1 rings (SSSR count). The number of nitrogens with zero attached hydrogens (tertiary/aromatic N) is 1. The van der Waals surface area contributed by atoms with E-state index in [0.717, 1.165) is 6.42 Å². The van der Waals surface area contributed by atoms with Crippen molar-refractivity contribution in [3.05, 3.63) is 29.8 Å². The molecule has 1 unspecified atom stereocenters. The zero-order valence-electron chi connectivity index (χ0n) is 10.6. The maximum absolute atomic E-state index is 11.7. The fourth-order valence-electron chi connectivity index (χ4n) is 1.65. The number of anilines is 1. The van der Waals surface area contributed by atoms with E-state index in [0.29, 0.717) is 17.7 Å². The molecule has 0 saturated heterocycles. The van der Waals surface area contributed by atoms with Crippen molar-refractivity contribution < 1.29 is 9.59 Å². The van der Waals surface area contributed by atoms with E-state index in [1.54, 1.807) is 25.1 Å². The van der Waals surface area contributed by atoms with Crippen LogP contribution >= 0.6 is 0 Å². The Balaban J connectivity index is 2.70. The fourth-order valence-corrected chi connectivity index (χ4v) is 1.65. The minimum Gasteiger partial charge on any atom is -0.319 e. The molecule has 0 saturated carbocycles. The number of amides is 1. The maximum Gasteiger partial charge on any atom is 0.292 e. The first-order valence-corrected chi connectivity index (χ1v) is 5.93. The maximum atomic E-state index is 11.7. The molecular weight excluding hydrogens is 228 g/mol.